The Balaban J connectivity index is 0.000000461. The maximum atomic E-state index is 8.99. The zero-order valence-corrected chi connectivity index (χ0v) is 7.13. The molecule has 3 nitrogen and oxygen atoms in total. The largest absolute Gasteiger partial charge is 0.504 e. The highest BCUT2D eigenvalue weighted by Crippen LogP contribution is 2.18. The van der Waals surface area contributed by atoms with Crippen LogP contribution in [0.25, 0.3) is 0 Å². The van der Waals surface area contributed by atoms with E-state index in [1.54, 1.807) is 19.3 Å². The van der Waals surface area contributed by atoms with Crippen LogP contribution in [0.1, 0.15) is 13.8 Å². The molecule has 0 atom stereocenters. The molecule has 0 radical (unpaired) electrons. The first-order chi connectivity index (χ1) is 5.34. The summed E-state index contributed by atoms with van der Waals surface area (Å²) >= 11 is 0. The lowest BCUT2D eigenvalue weighted by molar-refractivity contribution is 0.475. The van der Waals surface area contributed by atoms with Crippen molar-refractivity contribution in [2.45, 2.75) is 13.8 Å². The van der Waals surface area contributed by atoms with Gasteiger partial charge in [-0.05, 0) is 6.07 Å². The lowest BCUT2D eigenvalue weighted by atomic mass is 10.4. The van der Waals surface area contributed by atoms with Gasteiger partial charge in [-0.3, -0.25) is 4.98 Å². The fraction of sp³-hybridized carbons (Fsp3) is 0.375. The Hall–Kier alpha value is -1.25. The molecule has 0 aliphatic rings. The summed E-state index contributed by atoms with van der Waals surface area (Å²) in [7, 11) is 1.75. The molecular weight excluding hydrogens is 140 g/mol. The second kappa shape index (κ2) is 5.53. The van der Waals surface area contributed by atoms with E-state index in [-0.39, 0.29) is 5.75 Å². The molecule has 0 bridgehead atoms. The first-order valence-corrected chi connectivity index (χ1v) is 3.65. The molecular formula is C8H14N2O. The zero-order valence-electron chi connectivity index (χ0n) is 7.13. The average molecular weight is 154 g/mol. The molecule has 0 aliphatic heterocycles. The second-order valence-electron chi connectivity index (χ2n) is 1.64. The number of anilines is 1. The maximum absolute atomic E-state index is 8.99. The Morgan fingerprint density at radius 2 is 2.09 bits per heavy atom. The van der Waals surface area contributed by atoms with Crippen molar-refractivity contribution in [2.24, 2.45) is 0 Å². The lowest BCUT2D eigenvalue weighted by Crippen LogP contribution is -1.87. The van der Waals surface area contributed by atoms with Crippen molar-refractivity contribution in [1.29, 1.82) is 0 Å². The van der Waals surface area contributed by atoms with Gasteiger partial charge < -0.3 is 10.4 Å². The van der Waals surface area contributed by atoms with Crippen LogP contribution in [0.3, 0.4) is 0 Å². The van der Waals surface area contributed by atoms with Crippen LogP contribution in [0.15, 0.2) is 18.5 Å². The van der Waals surface area contributed by atoms with E-state index in [1.165, 1.54) is 6.20 Å². The Kier molecular flexibility index (Phi) is 4.90. The summed E-state index contributed by atoms with van der Waals surface area (Å²) < 4.78 is 0. The Labute approximate surface area is 67.1 Å². The van der Waals surface area contributed by atoms with Gasteiger partial charge in [-0.2, -0.15) is 0 Å². The van der Waals surface area contributed by atoms with Crippen LogP contribution in [0.5, 0.6) is 5.75 Å². The van der Waals surface area contributed by atoms with E-state index in [4.69, 9.17) is 5.11 Å². The van der Waals surface area contributed by atoms with Gasteiger partial charge in [-0.1, -0.05) is 13.8 Å². The normalized spacial score (nSPS) is 7.91. The molecule has 1 rings (SSSR count). The summed E-state index contributed by atoms with van der Waals surface area (Å²) in [5.74, 6) is 0.181. The molecule has 62 valence electrons. The average Bonchev–Trinajstić information content (AvgIpc) is 2.09. The first-order valence-electron chi connectivity index (χ1n) is 3.65. The molecule has 11 heavy (non-hydrogen) atoms. The van der Waals surface area contributed by atoms with Gasteiger partial charge in [0.2, 0.25) is 0 Å². The van der Waals surface area contributed by atoms with Gasteiger partial charge in [-0.25, -0.2) is 0 Å². The lowest BCUT2D eigenvalue weighted by Gasteiger charge is -1.99. The predicted octanol–water partition coefficient (Wildman–Crippen LogP) is 1.86. The van der Waals surface area contributed by atoms with Crippen LogP contribution in [-0.2, 0) is 0 Å². The Morgan fingerprint density at radius 1 is 1.45 bits per heavy atom. The number of rotatable bonds is 1. The van der Waals surface area contributed by atoms with E-state index >= 15 is 0 Å². The molecule has 0 fully saturated rings. The Bertz CT molecular complexity index is 201. The summed E-state index contributed by atoms with van der Waals surface area (Å²) in [4.78, 5) is 3.70. The van der Waals surface area contributed by atoms with Gasteiger partial charge >= 0.3 is 0 Å². The van der Waals surface area contributed by atoms with Gasteiger partial charge in [0.1, 0.15) is 0 Å². The highest BCUT2D eigenvalue weighted by molar-refractivity contribution is 5.52. The molecule has 0 saturated heterocycles. The van der Waals surface area contributed by atoms with E-state index in [1.807, 2.05) is 13.8 Å². The standard InChI is InChI=1S/C6H8N2O.C2H6/c1-7-5-2-3-8-4-6(5)9;1-2/h2-4,9H,1H3,(H,7,8);1-2H3. The molecule has 3 heteroatoms. The van der Waals surface area contributed by atoms with Crippen LogP contribution in [-0.4, -0.2) is 17.1 Å². The minimum Gasteiger partial charge on any atom is -0.504 e. The first kappa shape index (κ1) is 9.75. The second-order valence-corrected chi connectivity index (χ2v) is 1.64. The Morgan fingerprint density at radius 3 is 2.45 bits per heavy atom. The van der Waals surface area contributed by atoms with Crippen molar-refractivity contribution in [1.82, 2.24) is 4.98 Å². The minimum absolute atomic E-state index is 0.181. The molecule has 0 unspecified atom stereocenters. The molecule has 1 aromatic heterocycles. The van der Waals surface area contributed by atoms with Gasteiger partial charge in [0.25, 0.3) is 0 Å². The van der Waals surface area contributed by atoms with Gasteiger partial charge in [0.05, 0.1) is 11.9 Å². The van der Waals surface area contributed by atoms with Crippen molar-refractivity contribution in [3.05, 3.63) is 18.5 Å². The zero-order chi connectivity index (χ0) is 8.69. The third kappa shape index (κ3) is 2.89. The molecule has 0 spiro atoms. The summed E-state index contributed by atoms with van der Waals surface area (Å²) in [6, 6.07) is 1.70. The topological polar surface area (TPSA) is 45.2 Å². The van der Waals surface area contributed by atoms with Crippen molar-refractivity contribution < 1.29 is 5.11 Å². The smallest absolute Gasteiger partial charge is 0.157 e. The summed E-state index contributed by atoms with van der Waals surface area (Å²) in [5, 5.41) is 11.8. The third-order valence-corrected chi connectivity index (χ3v) is 1.07. The van der Waals surface area contributed by atoms with Crippen molar-refractivity contribution in [3.8, 4) is 5.75 Å². The van der Waals surface area contributed by atoms with Gasteiger partial charge in [0, 0.05) is 13.2 Å². The SMILES string of the molecule is CC.CNc1ccncc1O. The van der Waals surface area contributed by atoms with E-state index in [9.17, 15) is 0 Å². The molecule has 1 aromatic rings. The van der Waals surface area contributed by atoms with E-state index in [0.29, 0.717) is 5.69 Å². The van der Waals surface area contributed by atoms with Gasteiger partial charge in [0.15, 0.2) is 5.75 Å². The number of hydrogen-bond donors (Lipinski definition) is 2. The van der Waals surface area contributed by atoms with Crippen molar-refractivity contribution in [2.75, 3.05) is 12.4 Å². The van der Waals surface area contributed by atoms with Crippen molar-refractivity contribution in [3.63, 3.8) is 0 Å². The van der Waals surface area contributed by atoms with Crippen LogP contribution >= 0.6 is 0 Å². The molecule has 0 saturated carbocycles. The predicted molar refractivity (Wildman–Crippen MR) is 46.8 cm³/mol. The third-order valence-electron chi connectivity index (χ3n) is 1.07. The quantitative estimate of drug-likeness (QED) is 0.649. The number of hydrogen-bond acceptors (Lipinski definition) is 3. The maximum Gasteiger partial charge on any atom is 0.157 e. The van der Waals surface area contributed by atoms with Crippen LogP contribution in [0, 0.1) is 0 Å². The number of aromatic nitrogens is 1. The molecule has 1 heterocycles. The van der Waals surface area contributed by atoms with Crippen molar-refractivity contribution >= 4 is 5.69 Å². The fourth-order valence-corrected chi connectivity index (χ4v) is 0.598. The summed E-state index contributed by atoms with van der Waals surface area (Å²) in [6.45, 7) is 4.00. The van der Waals surface area contributed by atoms with Gasteiger partial charge in [-0.15, -0.1) is 0 Å². The monoisotopic (exact) mass is 154 g/mol. The highest BCUT2D eigenvalue weighted by atomic mass is 16.3. The summed E-state index contributed by atoms with van der Waals surface area (Å²) in [6.07, 6.45) is 3.01. The van der Waals surface area contributed by atoms with Crippen LogP contribution < -0.4 is 5.32 Å². The number of nitrogens with zero attached hydrogens (tertiary/aromatic N) is 1. The molecule has 2 N–H and O–H groups in total. The number of nitrogens with one attached hydrogen (secondary N) is 1. The molecule has 0 amide bonds. The summed E-state index contributed by atoms with van der Waals surface area (Å²) in [5.41, 5.74) is 0.699. The van der Waals surface area contributed by atoms with E-state index in [2.05, 4.69) is 10.3 Å². The fourth-order valence-electron chi connectivity index (χ4n) is 0.598. The molecule has 0 aliphatic carbocycles. The van der Waals surface area contributed by atoms with E-state index < -0.39 is 0 Å². The molecule has 0 aromatic carbocycles. The van der Waals surface area contributed by atoms with E-state index in [0.717, 1.165) is 0 Å². The highest BCUT2D eigenvalue weighted by Gasteiger charge is 1.92. The number of pyridine rings is 1. The van der Waals surface area contributed by atoms with Crippen LogP contribution in [0.2, 0.25) is 0 Å². The number of aromatic hydroxyl groups is 1. The minimum atomic E-state index is 0.181. The van der Waals surface area contributed by atoms with Crippen LogP contribution in [0.4, 0.5) is 5.69 Å².